The lowest BCUT2D eigenvalue weighted by molar-refractivity contribution is -0.157. The molecule has 3 aliphatic heterocycles. The molecule has 92 heavy (non-hydrogen) atoms. The third kappa shape index (κ3) is 20.6. The Morgan fingerprint density at radius 3 is 1.51 bits per heavy atom. The van der Waals surface area contributed by atoms with Crippen molar-refractivity contribution in [3.05, 3.63) is 12.2 Å². The third-order valence-corrected chi connectivity index (χ3v) is 18.7. The highest BCUT2D eigenvalue weighted by Gasteiger charge is 2.48. The topological polar surface area (TPSA) is 291 Å². The number of allylic oxidation sites excluding steroid dienone is 2. The summed E-state index contributed by atoms with van der Waals surface area (Å²) in [6.07, 6.45) is 3.76. The summed E-state index contributed by atoms with van der Waals surface area (Å²) in [4.78, 5) is 173. The minimum atomic E-state index is -1.62. The molecule has 0 saturated carbocycles. The van der Waals surface area contributed by atoms with E-state index in [-0.39, 0.29) is 48.9 Å². The number of amides is 11. The van der Waals surface area contributed by atoms with Crippen LogP contribution < -0.4 is 21.3 Å². The number of rotatable bonds is 16. The fourth-order valence-corrected chi connectivity index (χ4v) is 12.9. The number of hydrogen-bond acceptors (Lipinski definition) is 14. The van der Waals surface area contributed by atoms with Crippen molar-refractivity contribution in [1.82, 2.24) is 60.5 Å². The molecule has 1 spiro atoms. The van der Waals surface area contributed by atoms with Gasteiger partial charge in [-0.3, -0.25) is 52.7 Å². The number of carbonyl (C=O) groups excluding carboxylic acids is 11. The lowest BCUT2D eigenvalue weighted by Gasteiger charge is -2.41. The van der Waals surface area contributed by atoms with Gasteiger partial charge in [-0.2, -0.15) is 0 Å². The molecule has 3 heterocycles. The van der Waals surface area contributed by atoms with Gasteiger partial charge in [0.1, 0.15) is 60.4 Å². The first kappa shape index (κ1) is 80.0. The van der Waals surface area contributed by atoms with Gasteiger partial charge in [0.25, 0.3) is 0 Å². The monoisotopic (exact) mass is 1300 g/mol. The largest absolute Gasteiger partial charge is 0.390 e. The van der Waals surface area contributed by atoms with Crippen LogP contribution in [-0.4, -0.2) is 265 Å². The number of nitrogens with one attached hydrogen (secondary N) is 4. The van der Waals surface area contributed by atoms with Gasteiger partial charge in [-0.25, -0.2) is 0 Å². The van der Waals surface area contributed by atoms with Crippen molar-refractivity contribution in [2.75, 3.05) is 88.7 Å². The molecule has 524 valence electrons. The van der Waals surface area contributed by atoms with E-state index in [4.69, 9.17) is 4.74 Å². The van der Waals surface area contributed by atoms with Gasteiger partial charge in [0.15, 0.2) is 0 Å². The summed E-state index contributed by atoms with van der Waals surface area (Å²) in [5.74, 6) is -10.2. The molecule has 11 amide bonds. The second kappa shape index (κ2) is 35.3. The molecular weight excluding hydrogens is 1180 g/mol. The molecule has 3 rings (SSSR count). The molecule has 3 aliphatic rings. The molecule has 0 radical (unpaired) electrons. The van der Waals surface area contributed by atoms with Gasteiger partial charge in [0.2, 0.25) is 65.0 Å². The Morgan fingerprint density at radius 2 is 1.03 bits per heavy atom. The van der Waals surface area contributed by atoms with Gasteiger partial charge in [0.05, 0.1) is 25.9 Å². The Kier molecular flexibility index (Phi) is 30.7. The minimum absolute atomic E-state index is 0.00321. The molecule has 13 atom stereocenters. The van der Waals surface area contributed by atoms with Gasteiger partial charge >= 0.3 is 0 Å². The SMILES string of the molecule is C/C=C/C[C@@H](C)[C@@H](O)[C@H]1C(=O)N[C@@H](CC)C(=O)N(C)CC(=O)N(C)[C@@H]([C@H](C)CN2CCC3(COC3)C2)C(=O)NC(C(C)C)C(=O)N(C)[C@@H](CC(C)C)C(=O)N[C@@H](C)C(=O)N[C@H](C)C(=O)N(C)[C@@H](CC(C)C)C(=O)N(C)[C@@H](CC(C)C)C(=O)N(C)C(C(C)C)C(=O)N1C. The van der Waals surface area contributed by atoms with E-state index in [2.05, 4.69) is 26.2 Å². The van der Waals surface area contributed by atoms with Crippen LogP contribution in [0, 0.1) is 46.8 Å². The van der Waals surface area contributed by atoms with E-state index in [1.165, 1.54) is 87.7 Å². The number of nitrogens with zero attached hydrogens (tertiary/aromatic N) is 8. The van der Waals surface area contributed by atoms with Gasteiger partial charge < -0.3 is 70.3 Å². The van der Waals surface area contributed by atoms with Crippen LogP contribution in [0.1, 0.15) is 149 Å². The molecule has 0 aromatic heterocycles. The maximum atomic E-state index is 15.2. The van der Waals surface area contributed by atoms with Crippen LogP contribution in [0.2, 0.25) is 0 Å². The maximum absolute atomic E-state index is 15.2. The molecule has 3 fully saturated rings. The zero-order chi connectivity index (χ0) is 70.3. The number of aliphatic hydroxyl groups is 1. The van der Waals surface area contributed by atoms with Crippen molar-refractivity contribution in [2.24, 2.45) is 46.8 Å². The van der Waals surface area contributed by atoms with Gasteiger partial charge in [-0.05, 0) is 107 Å². The van der Waals surface area contributed by atoms with Crippen LogP contribution in [0.5, 0.6) is 0 Å². The summed E-state index contributed by atoms with van der Waals surface area (Å²) < 4.78 is 5.58. The van der Waals surface area contributed by atoms with Crippen molar-refractivity contribution in [2.45, 2.75) is 216 Å². The Balaban J connectivity index is 2.31. The Bertz CT molecular complexity index is 2590. The number of carbonyl (C=O) groups is 11. The first-order chi connectivity index (χ1) is 42.7. The Morgan fingerprint density at radius 1 is 0.543 bits per heavy atom. The summed E-state index contributed by atoms with van der Waals surface area (Å²) in [5.41, 5.74) is 0.00321. The number of ether oxygens (including phenoxy) is 1. The minimum Gasteiger partial charge on any atom is -0.390 e. The summed E-state index contributed by atoms with van der Waals surface area (Å²) >= 11 is 0. The van der Waals surface area contributed by atoms with E-state index < -0.39 is 162 Å². The number of likely N-dealkylation sites (tertiary alicyclic amines) is 1. The van der Waals surface area contributed by atoms with Crippen molar-refractivity contribution in [3.63, 3.8) is 0 Å². The average Bonchev–Trinajstić information content (AvgIpc) is 1.57. The normalized spacial score (nSPS) is 28.3. The molecule has 0 aliphatic carbocycles. The second-order valence-electron chi connectivity index (χ2n) is 28.8. The molecule has 25 nitrogen and oxygen atoms in total. The molecule has 3 saturated heterocycles. The smallest absolute Gasteiger partial charge is 0.246 e. The van der Waals surface area contributed by atoms with Gasteiger partial charge in [-0.1, -0.05) is 102 Å². The Labute approximate surface area is 549 Å². The fourth-order valence-electron chi connectivity index (χ4n) is 12.9. The zero-order valence-electron chi connectivity index (χ0n) is 60.0. The van der Waals surface area contributed by atoms with Crippen molar-refractivity contribution in [1.29, 1.82) is 0 Å². The van der Waals surface area contributed by atoms with Crippen LogP contribution in [0.25, 0.3) is 0 Å². The average molecular weight is 1300 g/mol. The quantitative estimate of drug-likeness (QED) is 0.139. The molecule has 0 bridgehead atoms. The van der Waals surface area contributed by atoms with Crippen molar-refractivity contribution >= 4 is 65.0 Å². The van der Waals surface area contributed by atoms with Gasteiger partial charge in [-0.15, -0.1) is 0 Å². The molecule has 0 aromatic rings. The highest BCUT2D eigenvalue weighted by atomic mass is 16.5. The molecule has 0 aromatic carbocycles. The van der Waals surface area contributed by atoms with Crippen molar-refractivity contribution in [3.8, 4) is 0 Å². The summed E-state index contributed by atoms with van der Waals surface area (Å²) in [7, 11) is 10.0. The second-order valence-corrected chi connectivity index (χ2v) is 28.8. The fraction of sp³-hybridized carbons (Fsp3) is 0.806. The number of hydrogen-bond donors (Lipinski definition) is 5. The zero-order valence-corrected chi connectivity index (χ0v) is 60.0. The van der Waals surface area contributed by atoms with Crippen LogP contribution in [0.15, 0.2) is 12.2 Å². The van der Waals surface area contributed by atoms with Crippen LogP contribution in [0.4, 0.5) is 0 Å². The predicted octanol–water partition coefficient (Wildman–Crippen LogP) is 2.58. The van der Waals surface area contributed by atoms with E-state index in [1.54, 1.807) is 54.5 Å². The molecular formula is C67H118N12O13. The lowest BCUT2D eigenvalue weighted by Crippen LogP contribution is -2.63. The lowest BCUT2D eigenvalue weighted by atomic mass is 9.85. The Hall–Kier alpha value is -6.21. The van der Waals surface area contributed by atoms with Crippen molar-refractivity contribution < 1.29 is 62.6 Å². The molecule has 25 heteroatoms. The highest BCUT2D eigenvalue weighted by molar-refractivity contribution is 5.99. The van der Waals surface area contributed by atoms with Crippen LogP contribution >= 0.6 is 0 Å². The van der Waals surface area contributed by atoms with E-state index in [0.717, 1.165) is 29.3 Å². The van der Waals surface area contributed by atoms with Crippen LogP contribution in [0.3, 0.4) is 0 Å². The molecule has 2 unspecified atom stereocenters. The van der Waals surface area contributed by atoms with E-state index in [0.29, 0.717) is 26.2 Å². The first-order valence-electron chi connectivity index (χ1n) is 33.3. The number of aliphatic hydroxyl groups excluding tert-OH is 1. The van der Waals surface area contributed by atoms with E-state index in [1.807, 2.05) is 54.5 Å². The first-order valence-corrected chi connectivity index (χ1v) is 33.3. The summed E-state index contributed by atoms with van der Waals surface area (Å²) in [6, 6.07) is -12.5. The van der Waals surface area contributed by atoms with Gasteiger partial charge in [0, 0.05) is 67.8 Å². The summed E-state index contributed by atoms with van der Waals surface area (Å²) in [5, 5.41) is 23.4. The number of likely N-dealkylation sites (N-methyl/N-ethyl adjacent to an activating group) is 7. The maximum Gasteiger partial charge on any atom is 0.246 e. The third-order valence-electron chi connectivity index (χ3n) is 18.7. The van der Waals surface area contributed by atoms with E-state index >= 15 is 19.2 Å². The standard InChI is InChI=1S/C67H118N12O13/c1-24-26-27-43(13)56(81)55-60(85)70-47(25-2)62(87)72(17)34-51(80)76(21)54(44(14)33-79-29-28-67(35-79)36-92-37-67)59(84)71-52(41(9)10)65(90)73(18)48(30-38(3)4)58(83)68-45(15)57(82)69-46(16)61(86)74(19)49(31-39(5)6)63(88)75(20)50(32-40(7)8)64(89)77(22)53(42(11)12)66(91)78(55)23/h24,26,38-50,52-56,81H,25,27-37H2,1-23H3,(H,68,83)(H,69,82)(H,70,85)(H,71,84)/b26-24+/t43-,44-,45+,46-,47+,48+,49+,50+,52?,53?,54+,55+,56-/m1/s1. The molecule has 5 N–H and O–H groups in total. The predicted molar refractivity (Wildman–Crippen MR) is 352 cm³/mol. The van der Waals surface area contributed by atoms with Crippen LogP contribution in [-0.2, 0) is 57.5 Å². The van der Waals surface area contributed by atoms with E-state index in [9.17, 15) is 38.7 Å². The highest BCUT2D eigenvalue weighted by Crippen LogP contribution is 2.38. The summed E-state index contributed by atoms with van der Waals surface area (Å²) in [6.45, 7) is 30.6.